The van der Waals surface area contributed by atoms with E-state index in [4.69, 9.17) is 0 Å². The van der Waals surface area contributed by atoms with Crippen molar-refractivity contribution in [2.75, 3.05) is 0 Å². The summed E-state index contributed by atoms with van der Waals surface area (Å²) >= 11 is 0. The van der Waals surface area contributed by atoms with Gasteiger partial charge in [-0.05, 0) is 41.5 Å². The fourth-order valence-corrected chi connectivity index (χ4v) is 2.76. The third kappa shape index (κ3) is 6.14. The Labute approximate surface area is 173 Å². The van der Waals surface area contributed by atoms with E-state index >= 15 is 0 Å². The Morgan fingerprint density at radius 1 is 0.781 bits per heavy atom. The van der Waals surface area contributed by atoms with Crippen LogP contribution in [0.15, 0.2) is 36.4 Å². The van der Waals surface area contributed by atoms with Crippen LogP contribution in [0.25, 0.3) is 0 Å². The quantitative estimate of drug-likeness (QED) is 0.414. The number of hydrogen-bond acceptors (Lipinski definition) is 2. The van der Waals surface area contributed by atoms with E-state index in [9.17, 15) is 54.2 Å². The van der Waals surface area contributed by atoms with Crippen LogP contribution in [0.4, 0.5) is 44.3 Å². The molecule has 0 saturated carbocycles. The molecule has 2 rings (SSSR count). The number of carbonyl (C=O) groups excluding carboxylic acids is 1. The van der Waals surface area contributed by atoms with Crippen LogP contribution in [0, 0.1) is 0 Å². The lowest BCUT2D eigenvalue weighted by Crippen LogP contribution is -2.29. The minimum atomic E-state index is -5.17. The second-order valence-corrected chi connectivity index (χ2v) is 6.58. The molecule has 1 amide bonds. The van der Waals surface area contributed by atoms with Gasteiger partial charge in [0.2, 0.25) is 0 Å². The molecule has 1 N–H and O–H groups in total. The molecule has 2 aromatic carbocycles. The van der Waals surface area contributed by atoms with Gasteiger partial charge in [0.1, 0.15) is 6.29 Å². The van der Waals surface area contributed by atoms with Crippen molar-refractivity contribution >= 4 is 12.4 Å². The standard InChI is InChI=1S/C19H12F9NO3/c20-17(21,22)13-2-1-11(9-30)12(5-13)8-29(16(31)32)7-10-3-14(18(23,24)25)6-15(4-10)19(26,27)28/h1-6,9H,7-8H2,(H,31,32). The first-order chi connectivity index (χ1) is 14.5. The molecule has 0 aromatic heterocycles. The molecule has 32 heavy (non-hydrogen) atoms. The summed E-state index contributed by atoms with van der Waals surface area (Å²) in [6.07, 6.45) is -16.9. The summed E-state index contributed by atoms with van der Waals surface area (Å²) in [4.78, 5) is 22.9. The van der Waals surface area contributed by atoms with Gasteiger partial charge in [-0.1, -0.05) is 6.07 Å². The number of amides is 1. The van der Waals surface area contributed by atoms with Crippen LogP contribution in [0.5, 0.6) is 0 Å². The molecule has 4 nitrogen and oxygen atoms in total. The molecule has 0 aliphatic carbocycles. The van der Waals surface area contributed by atoms with Gasteiger partial charge < -0.3 is 5.11 Å². The van der Waals surface area contributed by atoms with Crippen molar-refractivity contribution in [1.82, 2.24) is 4.90 Å². The highest BCUT2D eigenvalue weighted by molar-refractivity contribution is 5.78. The molecule has 0 unspecified atom stereocenters. The second kappa shape index (κ2) is 8.71. The molecule has 0 radical (unpaired) electrons. The first kappa shape index (κ1) is 25.0. The monoisotopic (exact) mass is 473 g/mol. The van der Waals surface area contributed by atoms with E-state index in [2.05, 4.69) is 0 Å². The Bertz CT molecular complexity index is 978. The average molecular weight is 473 g/mol. The fraction of sp³-hybridized carbons (Fsp3) is 0.263. The number of aldehydes is 1. The average Bonchev–Trinajstić information content (AvgIpc) is 2.65. The van der Waals surface area contributed by atoms with Gasteiger partial charge >= 0.3 is 24.6 Å². The SMILES string of the molecule is O=Cc1ccc(C(F)(F)F)cc1CN(Cc1cc(C(F)(F)F)cc(C(F)(F)F)c1)C(=O)O. The lowest BCUT2D eigenvalue weighted by atomic mass is 10.0. The minimum absolute atomic E-state index is 0.140. The molecule has 0 saturated heterocycles. The van der Waals surface area contributed by atoms with Crippen LogP contribution in [0.2, 0.25) is 0 Å². The summed E-state index contributed by atoms with van der Waals surface area (Å²) in [6, 6.07) is 2.28. The molecule has 0 aliphatic rings. The molecule has 0 spiro atoms. The molecule has 0 aliphatic heterocycles. The maximum atomic E-state index is 13.0. The van der Waals surface area contributed by atoms with Gasteiger partial charge in [0.25, 0.3) is 0 Å². The number of rotatable bonds is 5. The van der Waals surface area contributed by atoms with Gasteiger partial charge in [0.05, 0.1) is 23.2 Å². The Morgan fingerprint density at radius 3 is 1.69 bits per heavy atom. The van der Waals surface area contributed by atoms with E-state index in [0.29, 0.717) is 24.3 Å². The lowest BCUT2D eigenvalue weighted by molar-refractivity contribution is -0.143. The molecular weight excluding hydrogens is 461 g/mol. The maximum Gasteiger partial charge on any atom is 0.416 e. The Kier molecular flexibility index (Phi) is 6.81. The number of hydrogen-bond donors (Lipinski definition) is 1. The largest absolute Gasteiger partial charge is 0.465 e. The van der Waals surface area contributed by atoms with Gasteiger partial charge in [0.15, 0.2) is 0 Å². The van der Waals surface area contributed by atoms with Gasteiger partial charge in [-0.15, -0.1) is 0 Å². The summed E-state index contributed by atoms with van der Waals surface area (Å²) in [7, 11) is 0. The van der Waals surface area contributed by atoms with Crippen LogP contribution < -0.4 is 0 Å². The molecule has 0 bridgehead atoms. The number of carbonyl (C=O) groups is 2. The highest BCUT2D eigenvalue weighted by atomic mass is 19.4. The summed E-state index contributed by atoms with van der Waals surface area (Å²) in [5.74, 6) is 0. The first-order valence-electron chi connectivity index (χ1n) is 8.44. The lowest BCUT2D eigenvalue weighted by Gasteiger charge is -2.22. The predicted octanol–water partition coefficient (Wildman–Crippen LogP) is 6.24. The summed E-state index contributed by atoms with van der Waals surface area (Å²) in [5, 5.41) is 9.32. The smallest absolute Gasteiger partial charge is 0.416 e. The van der Waals surface area contributed by atoms with Crippen molar-refractivity contribution in [3.8, 4) is 0 Å². The van der Waals surface area contributed by atoms with Gasteiger partial charge in [0, 0.05) is 12.1 Å². The van der Waals surface area contributed by atoms with Gasteiger partial charge in [-0.3, -0.25) is 9.69 Å². The number of carboxylic acid groups (broad SMARTS) is 1. The Morgan fingerprint density at radius 2 is 1.28 bits per heavy atom. The van der Waals surface area contributed by atoms with Crippen LogP contribution in [0.1, 0.15) is 38.2 Å². The zero-order chi connectivity index (χ0) is 24.5. The van der Waals surface area contributed by atoms with E-state index in [1.54, 1.807) is 0 Å². The zero-order valence-electron chi connectivity index (χ0n) is 15.6. The fourth-order valence-electron chi connectivity index (χ4n) is 2.76. The minimum Gasteiger partial charge on any atom is -0.465 e. The number of alkyl halides is 9. The third-order valence-corrected chi connectivity index (χ3v) is 4.25. The molecule has 174 valence electrons. The van der Waals surface area contributed by atoms with Crippen molar-refractivity contribution in [2.24, 2.45) is 0 Å². The first-order valence-corrected chi connectivity index (χ1v) is 8.44. The number of halogens is 9. The van der Waals surface area contributed by atoms with E-state index in [0.717, 1.165) is 6.07 Å². The Hall–Kier alpha value is -3.25. The zero-order valence-corrected chi connectivity index (χ0v) is 15.6. The van der Waals surface area contributed by atoms with Gasteiger partial charge in [-0.2, -0.15) is 39.5 Å². The van der Waals surface area contributed by atoms with E-state index in [-0.39, 0.29) is 22.8 Å². The van der Waals surface area contributed by atoms with Crippen molar-refractivity contribution < 1.29 is 54.2 Å². The van der Waals surface area contributed by atoms with E-state index in [1.807, 2.05) is 0 Å². The second-order valence-electron chi connectivity index (χ2n) is 6.58. The van der Waals surface area contributed by atoms with Crippen LogP contribution in [-0.2, 0) is 31.6 Å². The summed E-state index contributed by atoms with van der Waals surface area (Å²) in [6.45, 7) is -1.91. The van der Waals surface area contributed by atoms with Crippen LogP contribution >= 0.6 is 0 Å². The third-order valence-electron chi connectivity index (χ3n) is 4.25. The number of benzene rings is 2. The van der Waals surface area contributed by atoms with E-state index in [1.165, 1.54) is 0 Å². The molecular formula is C19H12F9NO3. The van der Waals surface area contributed by atoms with Crippen molar-refractivity contribution in [1.29, 1.82) is 0 Å². The maximum absolute atomic E-state index is 13.0. The van der Waals surface area contributed by atoms with Crippen LogP contribution in [0.3, 0.4) is 0 Å². The van der Waals surface area contributed by atoms with Crippen molar-refractivity contribution in [2.45, 2.75) is 31.6 Å². The topological polar surface area (TPSA) is 57.6 Å². The van der Waals surface area contributed by atoms with Crippen molar-refractivity contribution in [3.63, 3.8) is 0 Å². The highest BCUT2D eigenvalue weighted by Gasteiger charge is 2.37. The number of nitrogens with zero attached hydrogens (tertiary/aromatic N) is 1. The molecule has 13 heteroatoms. The molecule has 2 aromatic rings. The summed E-state index contributed by atoms with van der Waals surface area (Å²) in [5.41, 5.74) is -6.04. The Balaban J connectivity index is 2.48. The van der Waals surface area contributed by atoms with Gasteiger partial charge in [-0.25, -0.2) is 4.79 Å². The molecule has 0 heterocycles. The van der Waals surface area contributed by atoms with E-state index < -0.39 is 65.5 Å². The molecule has 0 fully saturated rings. The summed E-state index contributed by atoms with van der Waals surface area (Å²) < 4.78 is 117. The molecule has 0 atom stereocenters. The van der Waals surface area contributed by atoms with Crippen molar-refractivity contribution in [3.05, 3.63) is 69.8 Å². The highest BCUT2D eigenvalue weighted by Crippen LogP contribution is 2.37. The van der Waals surface area contributed by atoms with Crippen LogP contribution in [-0.4, -0.2) is 22.4 Å². The normalized spacial score (nSPS) is 12.5. The predicted molar refractivity (Wildman–Crippen MR) is 90.5 cm³/mol.